The van der Waals surface area contributed by atoms with Gasteiger partial charge in [0.25, 0.3) is 0 Å². The number of amidine groups is 1. The number of hydrogen-bond donors (Lipinski definition) is 2. The van der Waals surface area contributed by atoms with Gasteiger partial charge in [-0.05, 0) is 31.5 Å². The summed E-state index contributed by atoms with van der Waals surface area (Å²) in [7, 11) is 0. The molecule has 0 bridgehead atoms. The molecule has 0 fully saturated rings. The highest BCUT2D eigenvalue weighted by molar-refractivity contribution is 7.96. The van der Waals surface area contributed by atoms with Crippen LogP contribution >= 0.6 is 37.4 Å². The predicted octanol–water partition coefficient (Wildman–Crippen LogP) is 3.81. The number of rotatable bonds is 8. The molecular weight excluding hydrogens is 337 g/mol. The molecule has 0 amide bonds. The zero-order valence-electron chi connectivity index (χ0n) is 13.7. The Morgan fingerprint density at radius 3 is 2.09 bits per heavy atom. The van der Waals surface area contributed by atoms with Crippen molar-refractivity contribution in [1.82, 2.24) is 4.90 Å². The molecule has 0 saturated heterocycles. The Morgan fingerprint density at radius 1 is 1.14 bits per heavy atom. The van der Waals surface area contributed by atoms with E-state index in [1.165, 1.54) is 5.56 Å². The van der Waals surface area contributed by atoms with Crippen LogP contribution in [0.2, 0.25) is 0 Å². The van der Waals surface area contributed by atoms with Crippen LogP contribution in [0.25, 0.3) is 0 Å². The van der Waals surface area contributed by atoms with Crippen LogP contribution in [0.1, 0.15) is 32.8 Å². The van der Waals surface area contributed by atoms with Gasteiger partial charge in [0.05, 0.1) is 5.54 Å². The normalized spacial score (nSPS) is 14.0. The third kappa shape index (κ3) is 7.73. The molecule has 0 aliphatic rings. The maximum Gasteiger partial charge on any atom is 0.151 e. The average molecular weight is 366 g/mol. The molecule has 3 nitrogen and oxygen atoms in total. The molecule has 6 heteroatoms. The summed E-state index contributed by atoms with van der Waals surface area (Å²) in [5.74, 6) is 0. The van der Waals surface area contributed by atoms with Crippen molar-refractivity contribution in [3.63, 3.8) is 0 Å². The second-order valence-electron chi connectivity index (χ2n) is 5.17. The van der Waals surface area contributed by atoms with Crippen LogP contribution in [0.3, 0.4) is 0 Å². The van der Waals surface area contributed by atoms with E-state index in [0.29, 0.717) is 5.17 Å². The maximum absolute atomic E-state index is 5.76. The molecule has 0 aliphatic carbocycles. The van der Waals surface area contributed by atoms with E-state index in [9.17, 15) is 0 Å². The standard InChI is InChI=1S/C16H27N3S.2ClH/c1-4-16(18-15(17)20,13-19(5-2)6-3)12-14-10-8-7-9-11-14;;/h7-11H,4-6,12-13H2,1-3H3,(H3,17,18,20);2*1H. The van der Waals surface area contributed by atoms with Crippen LogP contribution in [-0.2, 0) is 6.42 Å². The number of nitrogens with zero attached hydrogens (tertiary/aromatic N) is 2. The van der Waals surface area contributed by atoms with Crippen LogP contribution in [0, 0.1) is 0 Å². The van der Waals surface area contributed by atoms with Crippen molar-refractivity contribution in [3.05, 3.63) is 35.9 Å². The van der Waals surface area contributed by atoms with Crippen molar-refractivity contribution in [3.8, 4) is 0 Å². The molecule has 0 aromatic heterocycles. The molecule has 1 aromatic rings. The Morgan fingerprint density at radius 2 is 1.68 bits per heavy atom. The Balaban J connectivity index is 0. The van der Waals surface area contributed by atoms with Crippen molar-refractivity contribution >= 4 is 42.6 Å². The molecule has 0 radical (unpaired) electrons. The second-order valence-corrected chi connectivity index (χ2v) is 5.63. The van der Waals surface area contributed by atoms with Gasteiger partial charge in [0.2, 0.25) is 0 Å². The fraction of sp³-hybridized carbons (Fsp3) is 0.562. The molecule has 0 spiro atoms. The summed E-state index contributed by atoms with van der Waals surface area (Å²) >= 11 is 4.20. The lowest BCUT2D eigenvalue weighted by Gasteiger charge is -2.34. The predicted molar refractivity (Wildman–Crippen MR) is 106 cm³/mol. The summed E-state index contributed by atoms with van der Waals surface area (Å²) in [5, 5.41) is 0.370. The first-order chi connectivity index (χ1) is 9.55. The first kappa shape index (κ1) is 23.8. The zero-order valence-corrected chi connectivity index (χ0v) is 16.2. The summed E-state index contributed by atoms with van der Waals surface area (Å²) in [5.41, 5.74) is 6.86. The van der Waals surface area contributed by atoms with Gasteiger partial charge in [-0.1, -0.05) is 51.1 Å². The highest BCUT2D eigenvalue weighted by Gasteiger charge is 2.30. The minimum Gasteiger partial charge on any atom is -0.379 e. The van der Waals surface area contributed by atoms with Crippen LogP contribution in [0.15, 0.2) is 35.3 Å². The third-order valence-electron chi connectivity index (χ3n) is 3.80. The van der Waals surface area contributed by atoms with Gasteiger partial charge >= 0.3 is 0 Å². The monoisotopic (exact) mass is 365 g/mol. The van der Waals surface area contributed by atoms with Gasteiger partial charge in [-0.2, -0.15) is 0 Å². The minimum absolute atomic E-state index is 0. The Hall–Kier alpha value is -0.420. The number of aliphatic imine (C=N–C) groups is 1. The summed E-state index contributed by atoms with van der Waals surface area (Å²) in [4.78, 5) is 7.07. The van der Waals surface area contributed by atoms with Gasteiger partial charge in [0.1, 0.15) is 0 Å². The van der Waals surface area contributed by atoms with E-state index in [1.54, 1.807) is 0 Å². The van der Waals surface area contributed by atoms with Crippen molar-refractivity contribution in [2.24, 2.45) is 10.7 Å². The molecule has 0 aliphatic heterocycles. The van der Waals surface area contributed by atoms with E-state index < -0.39 is 0 Å². The lowest BCUT2D eigenvalue weighted by molar-refractivity contribution is 0.220. The number of hydrogen-bond acceptors (Lipinski definition) is 2. The SMILES string of the molecule is CCN(CC)CC(CC)(Cc1ccccc1)N=C(N)S.Cl.Cl. The van der Waals surface area contributed by atoms with E-state index >= 15 is 0 Å². The fourth-order valence-electron chi connectivity index (χ4n) is 2.53. The van der Waals surface area contributed by atoms with Crippen molar-refractivity contribution < 1.29 is 0 Å². The van der Waals surface area contributed by atoms with E-state index in [-0.39, 0.29) is 30.4 Å². The lowest BCUT2D eigenvalue weighted by atomic mass is 9.88. The summed E-state index contributed by atoms with van der Waals surface area (Å²) in [6.45, 7) is 9.49. The Labute approximate surface area is 153 Å². The van der Waals surface area contributed by atoms with E-state index in [2.05, 4.69) is 67.6 Å². The average Bonchev–Trinajstić information content (AvgIpc) is 2.45. The number of nitrogens with two attached hydrogens (primary N) is 1. The first-order valence-electron chi connectivity index (χ1n) is 7.35. The van der Waals surface area contributed by atoms with Crippen LogP contribution in [-0.4, -0.2) is 35.2 Å². The highest BCUT2D eigenvalue weighted by Crippen LogP contribution is 2.24. The lowest BCUT2D eigenvalue weighted by Crippen LogP contribution is -2.44. The second kappa shape index (κ2) is 12.1. The Bertz CT molecular complexity index is 421. The molecule has 22 heavy (non-hydrogen) atoms. The quantitative estimate of drug-likeness (QED) is 0.417. The number of halogens is 2. The molecule has 1 unspecified atom stereocenters. The molecule has 1 rings (SSSR count). The molecule has 0 heterocycles. The highest BCUT2D eigenvalue weighted by atomic mass is 35.5. The smallest absolute Gasteiger partial charge is 0.151 e. The molecule has 2 N–H and O–H groups in total. The van der Waals surface area contributed by atoms with Gasteiger partial charge in [-0.3, -0.25) is 4.99 Å². The van der Waals surface area contributed by atoms with Gasteiger partial charge in [0, 0.05) is 6.54 Å². The topological polar surface area (TPSA) is 41.6 Å². The molecule has 128 valence electrons. The van der Waals surface area contributed by atoms with E-state index in [1.807, 2.05) is 6.07 Å². The third-order valence-corrected chi connectivity index (χ3v) is 3.90. The number of thiol groups is 1. The molecule has 1 atom stereocenters. The van der Waals surface area contributed by atoms with Crippen LogP contribution in [0.5, 0.6) is 0 Å². The van der Waals surface area contributed by atoms with Gasteiger partial charge in [-0.25, -0.2) is 0 Å². The van der Waals surface area contributed by atoms with Crippen LogP contribution in [0.4, 0.5) is 0 Å². The van der Waals surface area contributed by atoms with Crippen LogP contribution < -0.4 is 5.73 Å². The largest absolute Gasteiger partial charge is 0.379 e. The maximum atomic E-state index is 5.76. The van der Waals surface area contributed by atoms with Crippen molar-refractivity contribution in [2.75, 3.05) is 19.6 Å². The molecular formula is C16H29Cl2N3S. The van der Waals surface area contributed by atoms with Gasteiger partial charge in [0.15, 0.2) is 5.17 Å². The summed E-state index contributed by atoms with van der Waals surface area (Å²) < 4.78 is 0. The van der Waals surface area contributed by atoms with Gasteiger partial charge < -0.3 is 10.6 Å². The molecule has 0 saturated carbocycles. The van der Waals surface area contributed by atoms with E-state index in [0.717, 1.165) is 32.5 Å². The zero-order chi connectivity index (χ0) is 15.0. The number of likely N-dealkylation sites (N-methyl/N-ethyl adjacent to an activating group) is 1. The number of benzene rings is 1. The van der Waals surface area contributed by atoms with Gasteiger partial charge in [-0.15, -0.1) is 37.4 Å². The Kier molecular flexibility index (Phi) is 13.1. The summed E-state index contributed by atoms with van der Waals surface area (Å²) in [6, 6.07) is 10.5. The first-order valence-corrected chi connectivity index (χ1v) is 7.80. The van der Waals surface area contributed by atoms with Crippen molar-refractivity contribution in [1.29, 1.82) is 0 Å². The summed E-state index contributed by atoms with van der Waals surface area (Å²) in [6.07, 6.45) is 1.84. The van der Waals surface area contributed by atoms with Crippen molar-refractivity contribution in [2.45, 2.75) is 39.2 Å². The minimum atomic E-state index is -0.195. The molecule has 1 aromatic carbocycles. The van der Waals surface area contributed by atoms with E-state index in [4.69, 9.17) is 5.73 Å². The fourth-order valence-corrected chi connectivity index (χ4v) is 2.74.